The zero-order chi connectivity index (χ0) is 16.4. The lowest BCUT2D eigenvalue weighted by Gasteiger charge is -2.32. The summed E-state index contributed by atoms with van der Waals surface area (Å²) in [4.78, 5) is 28.3. The highest BCUT2D eigenvalue weighted by Crippen LogP contribution is 2.28. The summed E-state index contributed by atoms with van der Waals surface area (Å²) < 4.78 is 1.78. The number of fused-ring (bicyclic) bond motifs is 1. The third-order valence-corrected chi connectivity index (χ3v) is 5.21. The van der Waals surface area contributed by atoms with E-state index in [-0.39, 0.29) is 11.9 Å². The molecule has 0 aromatic carbocycles. The molecule has 0 unspecified atom stereocenters. The van der Waals surface area contributed by atoms with Crippen molar-refractivity contribution in [3.05, 3.63) is 37.1 Å². The second-order valence-corrected chi connectivity index (χ2v) is 6.84. The monoisotopic (exact) mass is 342 g/mol. The predicted molar refractivity (Wildman–Crippen MR) is 93.0 cm³/mol. The average molecular weight is 342 g/mol. The van der Waals surface area contributed by atoms with Gasteiger partial charge in [0.25, 0.3) is 0 Å². The van der Waals surface area contributed by atoms with Crippen molar-refractivity contribution in [3.8, 4) is 0 Å². The van der Waals surface area contributed by atoms with Gasteiger partial charge in [0.15, 0.2) is 5.13 Å². The zero-order valence-electron chi connectivity index (χ0n) is 13.1. The van der Waals surface area contributed by atoms with Crippen molar-refractivity contribution >= 4 is 32.7 Å². The van der Waals surface area contributed by atoms with Crippen LogP contribution in [0.4, 0.5) is 5.13 Å². The van der Waals surface area contributed by atoms with E-state index in [1.165, 1.54) is 0 Å². The van der Waals surface area contributed by atoms with Crippen LogP contribution >= 0.6 is 11.3 Å². The van der Waals surface area contributed by atoms with E-state index in [0.717, 1.165) is 41.4 Å². The van der Waals surface area contributed by atoms with Crippen molar-refractivity contribution in [1.82, 2.24) is 24.8 Å². The van der Waals surface area contributed by atoms with E-state index in [2.05, 4.69) is 25.2 Å². The Kier molecular flexibility index (Phi) is 4.12. The lowest BCUT2D eigenvalue weighted by molar-refractivity contribution is -0.122. The minimum absolute atomic E-state index is 0.0376. The number of carbonyl (C=O) groups is 1. The first kappa shape index (κ1) is 15.1. The molecule has 4 heterocycles. The van der Waals surface area contributed by atoms with Crippen LogP contribution in [0.5, 0.6) is 0 Å². The second kappa shape index (κ2) is 6.56. The summed E-state index contributed by atoms with van der Waals surface area (Å²) in [6.07, 6.45) is 8.79. The molecule has 3 aromatic heterocycles. The maximum atomic E-state index is 12.1. The Labute approximate surface area is 143 Å². The number of aromatic nitrogens is 4. The summed E-state index contributed by atoms with van der Waals surface area (Å²) in [6, 6.07) is 4.13. The molecular weight excluding hydrogens is 324 g/mol. The highest BCUT2D eigenvalue weighted by atomic mass is 32.1. The van der Waals surface area contributed by atoms with Crippen LogP contribution in [0.25, 0.3) is 10.3 Å². The van der Waals surface area contributed by atoms with Gasteiger partial charge in [-0.05, 0) is 25.0 Å². The van der Waals surface area contributed by atoms with Crippen molar-refractivity contribution in [2.24, 2.45) is 0 Å². The molecule has 0 saturated carbocycles. The number of carbonyl (C=O) groups excluding carboxylic acids is 1. The summed E-state index contributed by atoms with van der Waals surface area (Å²) in [6.45, 7) is 2.12. The van der Waals surface area contributed by atoms with Gasteiger partial charge in [0.05, 0.1) is 6.33 Å². The SMILES string of the molecule is O=C(Cn1ccnc1)NC1CCN(c2nc3cccnc3s2)CC1. The van der Waals surface area contributed by atoms with E-state index in [1.807, 2.05) is 12.1 Å². The number of thiazole rings is 1. The van der Waals surface area contributed by atoms with E-state index < -0.39 is 0 Å². The Morgan fingerprint density at radius 2 is 2.21 bits per heavy atom. The molecule has 3 aromatic rings. The molecule has 0 radical (unpaired) electrons. The van der Waals surface area contributed by atoms with E-state index in [1.54, 1.807) is 40.8 Å². The fourth-order valence-corrected chi connectivity index (χ4v) is 3.89. The van der Waals surface area contributed by atoms with Crippen molar-refractivity contribution in [2.75, 3.05) is 18.0 Å². The molecule has 0 spiro atoms. The van der Waals surface area contributed by atoms with E-state index in [0.29, 0.717) is 6.54 Å². The lowest BCUT2D eigenvalue weighted by Crippen LogP contribution is -2.45. The Bertz CT molecular complexity index is 789. The third-order valence-electron chi connectivity index (χ3n) is 4.17. The smallest absolute Gasteiger partial charge is 0.240 e. The highest BCUT2D eigenvalue weighted by molar-refractivity contribution is 7.21. The molecule has 1 amide bonds. The van der Waals surface area contributed by atoms with Gasteiger partial charge >= 0.3 is 0 Å². The molecule has 4 rings (SSSR count). The van der Waals surface area contributed by atoms with Crippen LogP contribution in [0.3, 0.4) is 0 Å². The minimum Gasteiger partial charge on any atom is -0.352 e. The summed E-state index contributed by atoms with van der Waals surface area (Å²) in [7, 11) is 0. The maximum absolute atomic E-state index is 12.1. The quantitative estimate of drug-likeness (QED) is 0.781. The highest BCUT2D eigenvalue weighted by Gasteiger charge is 2.23. The summed E-state index contributed by atoms with van der Waals surface area (Å²) in [5, 5.41) is 4.13. The topological polar surface area (TPSA) is 75.9 Å². The fourth-order valence-electron chi connectivity index (χ4n) is 2.93. The first-order valence-corrected chi connectivity index (χ1v) is 8.81. The average Bonchev–Trinajstić information content (AvgIpc) is 3.24. The van der Waals surface area contributed by atoms with Crippen LogP contribution in [0, 0.1) is 0 Å². The molecule has 0 bridgehead atoms. The van der Waals surface area contributed by atoms with E-state index >= 15 is 0 Å². The van der Waals surface area contributed by atoms with Crippen molar-refractivity contribution in [1.29, 1.82) is 0 Å². The van der Waals surface area contributed by atoms with Crippen LogP contribution in [-0.2, 0) is 11.3 Å². The van der Waals surface area contributed by atoms with Gasteiger partial charge in [-0.2, -0.15) is 0 Å². The number of nitrogens with zero attached hydrogens (tertiary/aromatic N) is 5. The zero-order valence-corrected chi connectivity index (χ0v) is 13.9. The van der Waals surface area contributed by atoms with Gasteiger partial charge in [-0.25, -0.2) is 15.0 Å². The number of nitrogens with one attached hydrogen (secondary N) is 1. The van der Waals surface area contributed by atoms with Gasteiger partial charge < -0.3 is 14.8 Å². The summed E-state index contributed by atoms with van der Waals surface area (Å²) in [5.74, 6) is 0.0376. The van der Waals surface area contributed by atoms with Crippen molar-refractivity contribution < 1.29 is 4.79 Å². The number of hydrogen-bond acceptors (Lipinski definition) is 6. The molecule has 8 heteroatoms. The fraction of sp³-hybridized carbons (Fsp3) is 0.375. The molecule has 1 fully saturated rings. The van der Waals surface area contributed by atoms with Gasteiger partial charge in [0, 0.05) is 37.7 Å². The molecule has 0 aliphatic carbocycles. The number of pyridine rings is 1. The first-order valence-electron chi connectivity index (χ1n) is 7.99. The van der Waals surface area contributed by atoms with Gasteiger partial charge in [-0.3, -0.25) is 4.79 Å². The lowest BCUT2D eigenvalue weighted by atomic mass is 10.1. The van der Waals surface area contributed by atoms with Crippen molar-refractivity contribution in [3.63, 3.8) is 0 Å². The van der Waals surface area contributed by atoms with Gasteiger partial charge in [-0.1, -0.05) is 11.3 Å². The first-order chi connectivity index (χ1) is 11.8. The number of piperidine rings is 1. The number of imidazole rings is 1. The largest absolute Gasteiger partial charge is 0.352 e. The van der Waals surface area contributed by atoms with Crippen LogP contribution in [-0.4, -0.2) is 44.6 Å². The van der Waals surface area contributed by atoms with Gasteiger partial charge in [0.1, 0.15) is 16.9 Å². The Balaban J connectivity index is 1.32. The van der Waals surface area contributed by atoms with Crippen LogP contribution in [0.15, 0.2) is 37.1 Å². The molecule has 1 N–H and O–H groups in total. The molecule has 1 aliphatic rings. The molecule has 1 aliphatic heterocycles. The normalized spacial score (nSPS) is 15.8. The second-order valence-electron chi connectivity index (χ2n) is 5.89. The van der Waals surface area contributed by atoms with Gasteiger partial charge in [-0.15, -0.1) is 0 Å². The summed E-state index contributed by atoms with van der Waals surface area (Å²) >= 11 is 1.63. The Hall–Kier alpha value is -2.48. The number of anilines is 1. The van der Waals surface area contributed by atoms with Crippen LogP contribution in [0.1, 0.15) is 12.8 Å². The number of amides is 1. The molecule has 7 nitrogen and oxygen atoms in total. The van der Waals surface area contributed by atoms with E-state index in [4.69, 9.17) is 0 Å². The minimum atomic E-state index is 0.0376. The summed E-state index contributed by atoms with van der Waals surface area (Å²) in [5.41, 5.74) is 0.952. The molecule has 124 valence electrons. The maximum Gasteiger partial charge on any atom is 0.240 e. The molecular formula is C16H18N6OS. The number of hydrogen-bond donors (Lipinski definition) is 1. The van der Waals surface area contributed by atoms with Crippen LogP contribution in [0.2, 0.25) is 0 Å². The Morgan fingerprint density at radius 1 is 1.33 bits per heavy atom. The van der Waals surface area contributed by atoms with Crippen LogP contribution < -0.4 is 10.2 Å². The molecule has 0 atom stereocenters. The van der Waals surface area contributed by atoms with E-state index in [9.17, 15) is 4.79 Å². The Morgan fingerprint density at radius 3 is 2.96 bits per heavy atom. The molecule has 1 saturated heterocycles. The molecule has 24 heavy (non-hydrogen) atoms. The van der Waals surface area contributed by atoms with Crippen molar-refractivity contribution in [2.45, 2.75) is 25.4 Å². The van der Waals surface area contributed by atoms with Gasteiger partial charge in [0.2, 0.25) is 5.91 Å². The number of rotatable bonds is 4. The standard InChI is InChI=1S/C16H18N6OS/c23-14(10-21-9-6-17-11-21)19-12-3-7-22(8-4-12)16-20-13-2-1-5-18-15(13)24-16/h1-2,5-6,9,11-12H,3-4,7-8,10H2,(H,19,23). The third kappa shape index (κ3) is 3.23. The predicted octanol–water partition coefficient (Wildman–Crippen LogP) is 1.67.